The van der Waals surface area contributed by atoms with E-state index in [0.717, 1.165) is 18.4 Å². The van der Waals surface area contributed by atoms with E-state index in [9.17, 15) is 0 Å². The van der Waals surface area contributed by atoms with Gasteiger partial charge in [-0.15, -0.1) is 0 Å². The molecule has 0 heterocycles. The van der Waals surface area contributed by atoms with Gasteiger partial charge in [0.1, 0.15) is 0 Å². The van der Waals surface area contributed by atoms with Crippen molar-refractivity contribution in [3.63, 3.8) is 0 Å². The number of thiocarbonyl (C=S) groups is 1. The molecule has 0 saturated carbocycles. The Kier molecular flexibility index (Phi) is 6.03. The number of rotatable bonds is 5. The zero-order valence-electron chi connectivity index (χ0n) is 12.4. The summed E-state index contributed by atoms with van der Waals surface area (Å²) in [4.78, 5) is 0. The molecule has 0 radical (unpaired) electrons. The predicted molar refractivity (Wildman–Crippen MR) is 89.0 cm³/mol. The highest BCUT2D eigenvalue weighted by Crippen LogP contribution is 2.25. The van der Waals surface area contributed by atoms with Gasteiger partial charge in [0.15, 0.2) is 5.11 Å². The largest absolute Gasteiger partial charge is 0.359 e. The molecule has 0 atom stereocenters. The molecule has 0 unspecified atom stereocenters. The van der Waals surface area contributed by atoms with Crippen LogP contribution in [0.15, 0.2) is 24.3 Å². The molecule has 0 bridgehead atoms. The van der Waals surface area contributed by atoms with E-state index in [1.807, 2.05) is 6.92 Å². The maximum Gasteiger partial charge on any atom is 0.171 e. The highest BCUT2D eigenvalue weighted by Gasteiger charge is 2.10. The zero-order chi connectivity index (χ0) is 14.4. The second kappa shape index (κ2) is 7.29. The summed E-state index contributed by atoms with van der Waals surface area (Å²) in [6, 6.07) is 4.37. The number of anilines is 1. The van der Waals surface area contributed by atoms with Crippen LogP contribution in [0.25, 0.3) is 0 Å². The van der Waals surface area contributed by atoms with Crippen molar-refractivity contribution in [3.8, 4) is 0 Å². The molecule has 0 aromatic heterocycles. The van der Waals surface area contributed by atoms with Gasteiger partial charge in [0.25, 0.3) is 0 Å². The summed E-state index contributed by atoms with van der Waals surface area (Å²) < 4.78 is 0. The Labute approximate surface area is 122 Å². The average Bonchev–Trinajstić information content (AvgIpc) is 2.37. The first kappa shape index (κ1) is 15.7. The van der Waals surface area contributed by atoms with Crippen LogP contribution in [0, 0.1) is 6.92 Å². The lowest BCUT2D eigenvalue weighted by Crippen LogP contribution is -2.30. The van der Waals surface area contributed by atoms with Crippen molar-refractivity contribution in [1.29, 1.82) is 0 Å². The summed E-state index contributed by atoms with van der Waals surface area (Å²) in [7, 11) is 0. The summed E-state index contributed by atoms with van der Waals surface area (Å²) in [6.45, 7) is 13.0. The molecule has 1 aromatic rings. The smallest absolute Gasteiger partial charge is 0.171 e. The van der Waals surface area contributed by atoms with E-state index < -0.39 is 0 Å². The number of aryl methyl sites for hydroxylation is 2. The second-order valence-corrected chi connectivity index (χ2v) is 5.28. The Morgan fingerprint density at radius 2 is 1.95 bits per heavy atom. The van der Waals surface area contributed by atoms with Crippen LogP contribution in [0.1, 0.15) is 37.5 Å². The van der Waals surface area contributed by atoms with Crippen molar-refractivity contribution in [2.75, 3.05) is 11.9 Å². The molecule has 0 aliphatic heterocycles. The van der Waals surface area contributed by atoms with Gasteiger partial charge in [-0.1, -0.05) is 38.1 Å². The van der Waals surface area contributed by atoms with Gasteiger partial charge in [-0.05, 0) is 55.6 Å². The van der Waals surface area contributed by atoms with Crippen LogP contribution in [-0.2, 0) is 12.8 Å². The van der Waals surface area contributed by atoms with Gasteiger partial charge >= 0.3 is 0 Å². The Hall–Kier alpha value is -1.35. The highest BCUT2D eigenvalue weighted by molar-refractivity contribution is 7.80. The molecule has 1 aromatic carbocycles. The molecule has 104 valence electrons. The van der Waals surface area contributed by atoms with E-state index in [1.165, 1.54) is 22.4 Å². The Morgan fingerprint density at radius 3 is 2.47 bits per heavy atom. The molecule has 19 heavy (non-hydrogen) atoms. The van der Waals surface area contributed by atoms with Crippen LogP contribution < -0.4 is 10.6 Å². The van der Waals surface area contributed by atoms with Crippen molar-refractivity contribution in [3.05, 3.63) is 41.0 Å². The summed E-state index contributed by atoms with van der Waals surface area (Å²) >= 11 is 5.35. The summed E-state index contributed by atoms with van der Waals surface area (Å²) in [5, 5.41) is 7.19. The number of nitrogens with one attached hydrogen (secondary N) is 2. The van der Waals surface area contributed by atoms with E-state index >= 15 is 0 Å². The standard InChI is InChI=1S/C16H24N2S/c1-6-13-9-8-12(5)14(7-2)15(13)18-16(19)17-10-11(3)4/h8-9H,3,6-7,10H2,1-2,4-5H3,(H2,17,18,19). The zero-order valence-corrected chi connectivity index (χ0v) is 13.2. The van der Waals surface area contributed by atoms with Gasteiger partial charge in [-0.3, -0.25) is 0 Å². The van der Waals surface area contributed by atoms with Gasteiger partial charge in [0, 0.05) is 12.2 Å². The molecule has 0 spiro atoms. The van der Waals surface area contributed by atoms with Crippen LogP contribution in [-0.4, -0.2) is 11.7 Å². The van der Waals surface area contributed by atoms with Gasteiger partial charge in [-0.2, -0.15) is 0 Å². The topological polar surface area (TPSA) is 24.1 Å². The maximum atomic E-state index is 5.35. The van der Waals surface area contributed by atoms with Gasteiger partial charge in [0.2, 0.25) is 0 Å². The Balaban J connectivity index is 2.95. The minimum Gasteiger partial charge on any atom is -0.359 e. The van der Waals surface area contributed by atoms with Crippen molar-refractivity contribution < 1.29 is 0 Å². The lowest BCUT2D eigenvalue weighted by molar-refractivity contribution is 0.995. The highest BCUT2D eigenvalue weighted by atomic mass is 32.1. The summed E-state index contributed by atoms with van der Waals surface area (Å²) in [5.74, 6) is 0. The SMILES string of the molecule is C=C(C)CNC(=S)Nc1c(CC)ccc(C)c1CC. The molecule has 3 heteroatoms. The second-order valence-electron chi connectivity index (χ2n) is 4.87. The number of benzene rings is 1. The van der Waals surface area contributed by atoms with Gasteiger partial charge < -0.3 is 10.6 Å². The van der Waals surface area contributed by atoms with Crippen LogP contribution in [0.3, 0.4) is 0 Å². The quantitative estimate of drug-likeness (QED) is 0.628. The third-order valence-corrected chi connectivity index (χ3v) is 3.40. The number of hydrogen-bond acceptors (Lipinski definition) is 1. The molecular formula is C16H24N2S. The molecular weight excluding hydrogens is 252 g/mol. The van der Waals surface area contributed by atoms with Crippen LogP contribution in [0.4, 0.5) is 5.69 Å². The summed E-state index contributed by atoms with van der Waals surface area (Å²) in [6.07, 6.45) is 2.00. The van der Waals surface area contributed by atoms with Crippen molar-refractivity contribution >= 4 is 23.0 Å². The normalized spacial score (nSPS) is 10.1. The third kappa shape index (κ3) is 4.35. The maximum absolute atomic E-state index is 5.35. The lowest BCUT2D eigenvalue weighted by atomic mass is 9.98. The lowest BCUT2D eigenvalue weighted by Gasteiger charge is -2.18. The third-order valence-electron chi connectivity index (χ3n) is 3.16. The first-order valence-corrected chi connectivity index (χ1v) is 7.21. The number of hydrogen-bond donors (Lipinski definition) is 2. The Bertz CT molecular complexity index is 478. The minimum absolute atomic E-state index is 0.665. The van der Waals surface area contributed by atoms with E-state index in [0.29, 0.717) is 11.7 Å². The molecule has 1 rings (SSSR count). The van der Waals surface area contributed by atoms with Crippen molar-refractivity contribution in [2.24, 2.45) is 0 Å². The van der Waals surface area contributed by atoms with Crippen LogP contribution in [0.2, 0.25) is 0 Å². The molecule has 0 amide bonds. The molecule has 0 fully saturated rings. The fourth-order valence-corrected chi connectivity index (χ4v) is 2.27. The summed E-state index contributed by atoms with van der Waals surface area (Å²) in [5.41, 5.74) is 6.20. The molecule has 0 aliphatic carbocycles. The van der Waals surface area contributed by atoms with Crippen LogP contribution in [0.5, 0.6) is 0 Å². The predicted octanol–water partition coefficient (Wildman–Crippen LogP) is 3.98. The van der Waals surface area contributed by atoms with Crippen molar-refractivity contribution in [2.45, 2.75) is 40.5 Å². The first-order valence-electron chi connectivity index (χ1n) is 6.80. The Morgan fingerprint density at radius 1 is 1.26 bits per heavy atom. The first-order chi connectivity index (χ1) is 8.99. The van der Waals surface area contributed by atoms with Gasteiger partial charge in [-0.25, -0.2) is 0 Å². The van der Waals surface area contributed by atoms with Crippen LogP contribution >= 0.6 is 12.2 Å². The average molecular weight is 276 g/mol. The molecule has 2 nitrogen and oxygen atoms in total. The molecule has 0 saturated heterocycles. The monoisotopic (exact) mass is 276 g/mol. The molecule has 0 aliphatic rings. The van der Waals surface area contributed by atoms with Gasteiger partial charge in [0.05, 0.1) is 0 Å². The van der Waals surface area contributed by atoms with Crippen molar-refractivity contribution in [1.82, 2.24) is 5.32 Å². The molecule has 2 N–H and O–H groups in total. The fraction of sp³-hybridized carbons (Fsp3) is 0.438. The van der Waals surface area contributed by atoms with E-state index in [1.54, 1.807) is 0 Å². The van der Waals surface area contributed by atoms with E-state index in [2.05, 4.69) is 50.1 Å². The van der Waals surface area contributed by atoms with E-state index in [4.69, 9.17) is 12.2 Å². The van der Waals surface area contributed by atoms with E-state index in [-0.39, 0.29) is 0 Å². The fourth-order valence-electron chi connectivity index (χ4n) is 2.10. The minimum atomic E-state index is 0.665.